The number of non-ortho nitro benzene ring substituents is 1. The predicted molar refractivity (Wildman–Crippen MR) is 99.7 cm³/mol. The first-order valence-electron chi connectivity index (χ1n) is 7.88. The molecule has 0 aliphatic rings. The van der Waals surface area contributed by atoms with Crippen molar-refractivity contribution in [3.63, 3.8) is 0 Å². The van der Waals surface area contributed by atoms with Gasteiger partial charge in [0, 0.05) is 17.8 Å². The number of benzene rings is 2. The molecule has 0 aromatic heterocycles. The fourth-order valence-corrected chi connectivity index (χ4v) is 3.99. The van der Waals surface area contributed by atoms with Crippen molar-refractivity contribution in [3.8, 4) is 0 Å². The molecule has 0 spiro atoms. The summed E-state index contributed by atoms with van der Waals surface area (Å²) in [4.78, 5) is 9.82. The Labute approximate surface area is 157 Å². The Morgan fingerprint density at radius 1 is 0.926 bits per heavy atom. The van der Waals surface area contributed by atoms with Gasteiger partial charge in [-0.05, 0) is 49.1 Å². The van der Waals surface area contributed by atoms with Gasteiger partial charge in [0.05, 0.1) is 15.6 Å². The van der Waals surface area contributed by atoms with E-state index in [-0.39, 0.29) is 22.0 Å². The average Bonchev–Trinajstić information content (AvgIpc) is 2.58. The Bertz CT molecular complexity index is 1000. The van der Waals surface area contributed by atoms with Crippen LogP contribution in [0.25, 0.3) is 0 Å². The maximum Gasteiger partial charge on any atom is 0.294 e. The number of unbranched alkanes of at least 4 members (excludes halogenated alkanes) is 1. The van der Waals surface area contributed by atoms with Gasteiger partial charge in [0.25, 0.3) is 15.8 Å². The summed E-state index contributed by atoms with van der Waals surface area (Å²) >= 11 is 0. The van der Waals surface area contributed by atoms with E-state index in [0.717, 1.165) is 5.56 Å². The van der Waals surface area contributed by atoms with Crippen LogP contribution in [0.15, 0.2) is 53.4 Å². The van der Waals surface area contributed by atoms with E-state index < -0.39 is 25.1 Å². The molecule has 0 bridgehead atoms. The standard InChI is InChI=1S/C16H18N2O7S2/c19-18(20)15-8-6-14(7-9-15)17-26(21,22)12-2-1-3-13-4-10-16(11-5-13)27(23,24)25/h4-11,17H,1-3,12H2,(H,23,24,25). The molecule has 2 aromatic rings. The SMILES string of the molecule is O=[N+]([O-])c1ccc(NS(=O)(=O)CCCCc2ccc(S(=O)(=O)O)cc2)cc1. The maximum absolute atomic E-state index is 12.0. The van der Waals surface area contributed by atoms with Crippen molar-refractivity contribution in [3.05, 3.63) is 64.2 Å². The van der Waals surface area contributed by atoms with Gasteiger partial charge in [-0.25, -0.2) is 8.42 Å². The van der Waals surface area contributed by atoms with E-state index in [1.54, 1.807) is 12.1 Å². The van der Waals surface area contributed by atoms with E-state index in [0.29, 0.717) is 19.3 Å². The summed E-state index contributed by atoms with van der Waals surface area (Å²) in [5.74, 6) is -0.118. The third-order valence-electron chi connectivity index (χ3n) is 3.70. The quantitative estimate of drug-likeness (QED) is 0.278. The van der Waals surface area contributed by atoms with Crippen LogP contribution in [0.5, 0.6) is 0 Å². The zero-order valence-electron chi connectivity index (χ0n) is 14.1. The van der Waals surface area contributed by atoms with E-state index in [1.807, 2.05) is 0 Å². The molecule has 27 heavy (non-hydrogen) atoms. The molecule has 11 heteroatoms. The molecule has 0 heterocycles. The van der Waals surface area contributed by atoms with Gasteiger partial charge in [-0.3, -0.25) is 19.4 Å². The molecule has 0 saturated heterocycles. The lowest BCUT2D eigenvalue weighted by atomic mass is 10.1. The number of aryl methyl sites for hydroxylation is 1. The lowest BCUT2D eigenvalue weighted by Crippen LogP contribution is -2.16. The molecule has 2 rings (SSSR count). The number of sulfonamides is 1. The zero-order valence-corrected chi connectivity index (χ0v) is 15.7. The van der Waals surface area contributed by atoms with Crippen LogP contribution in [0, 0.1) is 10.1 Å². The van der Waals surface area contributed by atoms with E-state index in [1.165, 1.54) is 36.4 Å². The van der Waals surface area contributed by atoms with Gasteiger partial charge in [-0.15, -0.1) is 0 Å². The van der Waals surface area contributed by atoms with Crippen LogP contribution in [0.2, 0.25) is 0 Å². The topological polar surface area (TPSA) is 144 Å². The number of rotatable bonds is 9. The first kappa shape index (κ1) is 20.8. The highest BCUT2D eigenvalue weighted by Gasteiger charge is 2.12. The van der Waals surface area contributed by atoms with Gasteiger partial charge in [-0.1, -0.05) is 12.1 Å². The summed E-state index contributed by atoms with van der Waals surface area (Å²) < 4.78 is 57.3. The van der Waals surface area contributed by atoms with Gasteiger partial charge in [0.15, 0.2) is 0 Å². The Hall–Kier alpha value is -2.50. The van der Waals surface area contributed by atoms with Gasteiger partial charge < -0.3 is 0 Å². The molecule has 0 aliphatic heterocycles. The van der Waals surface area contributed by atoms with E-state index >= 15 is 0 Å². The second-order valence-electron chi connectivity index (χ2n) is 5.80. The predicted octanol–water partition coefficient (Wildman–Crippen LogP) is 2.61. The van der Waals surface area contributed by atoms with E-state index in [4.69, 9.17) is 4.55 Å². The molecular weight excluding hydrogens is 396 g/mol. The highest BCUT2D eigenvalue weighted by atomic mass is 32.2. The van der Waals surface area contributed by atoms with Crippen LogP contribution in [0.4, 0.5) is 11.4 Å². The number of hydrogen-bond donors (Lipinski definition) is 2. The van der Waals surface area contributed by atoms with Crippen molar-refractivity contribution < 1.29 is 26.3 Å². The smallest absolute Gasteiger partial charge is 0.284 e. The summed E-state index contributed by atoms with van der Waals surface area (Å²) in [7, 11) is -7.81. The molecule has 2 N–H and O–H groups in total. The number of nitro groups is 1. The van der Waals surface area contributed by atoms with Crippen LogP contribution in [-0.2, 0) is 26.6 Å². The Morgan fingerprint density at radius 2 is 1.52 bits per heavy atom. The fraction of sp³-hybridized carbons (Fsp3) is 0.250. The molecule has 0 atom stereocenters. The summed E-state index contributed by atoms with van der Waals surface area (Å²) in [5.41, 5.74) is 0.947. The molecule has 0 radical (unpaired) electrons. The van der Waals surface area contributed by atoms with Gasteiger partial charge in [0.2, 0.25) is 10.0 Å². The normalized spacial score (nSPS) is 11.9. The molecule has 2 aromatic carbocycles. The van der Waals surface area contributed by atoms with Gasteiger partial charge in [0.1, 0.15) is 0 Å². The van der Waals surface area contributed by atoms with Crippen molar-refractivity contribution in [1.82, 2.24) is 0 Å². The first-order valence-corrected chi connectivity index (χ1v) is 11.0. The highest BCUT2D eigenvalue weighted by Crippen LogP contribution is 2.17. The molecule has 0 aliphatic carbocycles. The van der Waals surface area contributed by atoms with Crippen molar-refractivity contribution in [2.75, 3.05) is 10.5 Å². The highest BCUT2D eigenvalue weighted by molar-refractivity contribution is 7.92. The van der Waals surface area contributed by atoms with E-state index in [9.17, 15) is 26.9 Å². The minimum Gasteiger partial charge on any atom is -0.284 e. The van der Waals surface area contributed by atoms with Crippen LogP contribution >= 0.6 is 0 Å². The Balaban J connectivity index is 1.82. The van der Waals surface area contributed by atoms with Crippen LogP contribution < -0.4 is 4.72 Å². The number of nitrogens with one attached hydrogen (secondary N) is 1. The average molecular weight is 414 g/mol. The van der Waals surface area contributed by atoms with Crippen LogP contribution in [-0.4, -0.2) is 32.1 Å². The van der Waals surface area contributed by atoms with Crippen molar-refractivity contribution in [2.45, 2.75) is 24.2 Å². The van der Waals surface area contributed by atoms with E-state index in [2.05, 4.69) is 4.72 Å². The molecule has 0 unspecified atom stereocenters. The maximum atomic E-state index is 12.0. The van der Waals surface area contributed by atoms with Crippen LogP contribution in [0.3, 0.4) is 0 Å². The second-order valence-corrected chi connectivity index (χ2v) is 9.06. The summed E-state index contributed by atoms with van der Waals surface area (Å²) in [6, 6.07) is 10.8. The zero-order chi connectivity index (χ0) is 20.1. The molecule has 0 fully saturated rings. The summed E-state index contributed by atoms with van der Waals surface area (Å²) in [6.45, 7) is 0. The molecular formula is C16H18N2O7S2. The largest absolute Gasteiger partial charge is 0.294 e. The molecule has 146 valence electrons. The van der Waals surface area contributed by atoms with Crippen molar-refractivity contribution >= 4 is 31.5 Å². The summed E-state index contributed by atoms with van der Waals surface area (Å²) in [5, 5.41) is 10.6. The first-order chi connectivity index (χ1) is 12.6. The monoisotopic (exact) mass is 414 g/mol. The molecule has 0 amide bonds. The molecule has 0 saturated carbocycles. The summed E-state index contributed by atoms with van der Waals surface area (Å²) in [6.07, 6.45) is 1.49. The Kier molecular flexibility index (Phi) is 6.52. The number of anilines is 1. The lowest BCUT2D eigenvalue weighted by Gasteiger charge is -2.08. The minimum absolute atomic E-state index is 0.118. The fourth-order valence-electron chi connectivity index (χ4n) is 2.33. The molecule has 9 nitrogen and oxygen atoms in total. The third-order valence-corrected chi connectivity index (χ3v) is 5.94. The van der Waals surface area contributed by atoms with Gasteiger partial charge >= 0.3 is 0 Å². The number of nitrogens with zero attached hydrogens (tertiary/aromatic N) is 1. The van der Waals surface area contributed by atoms with Crippen molar-refractivity contribution in [2.24, 2.45) is 0 Å². The third kappa shape index (κ3) is 6.62. The number of hydrogen-bond acceptors (Lipinski definition) is 6. The lowest BCUT2D eigenvalue weighted by molar-refractivity contribution is -0.384. The number of nitro benzene ring substituents is 1. The minimum atomic E-state index is -4.23. The van der Waals surface area contributed by atoms with Crippen LogP contribution in [0.1, 0.15) is 18.4 Å². The second kappa shape index (κ2) is 8.46. The van der Waals surface area contributed by atoms with Crippen molar-refractivity contribution in [1.29, 1.82) is 0 Å². The van der Waals surface area contributed by atoms with Gasteiger partial charge in [-0.2, -0.15) is 8.42 Å². The Morgan fingerprint density at radius 3 is 2.04 bits per heavy atom.